The van der Waals surface area contributed by atoms with Crippen molar-refractivity contribution in [2.75, 3.05) is 6.54 Å². The minimum Gasteiger partial charge on any atom is -0.322 e. The van der Waals surface area contributed by atoms with Crippen LogP contribution in [0.1, 0.15) is 17.2 Å². The van der Waals surface area contributed by atoms with Crippen LogP contribution in [-0.4, -0.2) is 22.9 Å². The van der Waals surface area contributed by atoms with Crippen LogP contribution in [0.25, 0.3) is 0 Å². The molecule has 0 aliphatic carbocycles. The molecule has 25 heavy (non-hydrogen) atoms. The second kappa shape index (κ2) is 7.66. The zero-order chi connectivity index (χ0) is 18.6. The number of hydrogen-bond acceptors (Lipinski definition) is 4. The monoisotopic (exact) mass is 375 g/mol. The lowest BCUT2D eigenvalue weighted by atomic mass is 9.89. The molecule has 134 valence electrons. The Labute approximate surface area is 145 Å². The SMILES string of the molecule is N/N=C\N(N)CC(c1ccc(F)cc1F)C(F)(F)c1cc(Cl)ccn1. The first kappa shape index (κ1) is 18.9. The summed E-state index contributed by atoms with van der Waals surface area (Å²) in [6.45, 7) is -0.565. The molecular weight excluding hydrogens is 362 g/mol. The Morgan fingerprint density at radius 3 is 2.60 bits per heavy atom. The van der Waals surface area contributed by atoms with E-state index in [2.05, 4.69) is 10.1 Å². The normalized spacial score (nSPS) is 13.2. The average Bonchev–Trinajstić information content (AvgIpc) is 2.53. The molecule has 0 spiro atoms. The second-order valence-corrected chi connectivity index (χ2v) is 5.60. The van der Waals surface area contributed by atoms with Crippen LogP contribution in [0.4, 0.5) is 17.6 Å². The Morgan fingerprint density at radius 2 is 2.00 bits per heavy atom. The van der Waals surface area contributed by atoms with Crippen molar-refractivity contribution in [1.29, 1.82) is 0 Å². The summed E-state index contributed by atoms with van der Waals surface area (Å²) in [7, 11) is 0. The van der Waals surface area contributed by atoms with E-state index in [4.69, 9.17) is 23.3 Å². The third-order valence-electron chi connectivity index (χ3n) is 3.45. The lowest BCUT2D eigenvalue weighted by Gasteiger charge is -2.29. The maximum absolute atomic E-state index is 15.0. The fourth-order valence-corrected chi connectivity index (χ4v) is 2.46. The number of hydrazine groups is 1. The molecule has 0 saturated carbocycles. The van der Waals surface area contributed by atoms with Crippen molar-refractivity contribution in [3.05, 3.63) is 64.4 Å². The topological polar surface area (TPSA) is 80.5 Å². The van der Waals surface area contributed by atoms with E-state index in [1.807, 2.05) is 0 Å². The highest BCUT2D eigenvalue weighted by molar-refractivity contribution is 6.30. The minimum absolute atomic E-state index is 0.0381. The number of aromatic nitrogens is 1. The van der Waals surface area contributed by atoms with Crippen molar-refractivity contribution < 1.29 is 17.6 Å². The van der Waals surface area contributed by atoms with Gasteiger partial charge in [0.05, 0.1) is 5.92 Å². The molecule has 1 unspecified atom stereocenters. The molecule has 1 aromatic carbocycles. The quantitative estimate of drug-likeness (QED) is 0.267. The Bertz CT molecular complexity index is 771. The molecule has 0 aliphatic rings. The lowest BCUT2D eigenvalue weighted by Crippen LogP contribution is -2.40. The zero-order valence-corrected chi connectivity index (χ0v) is 13.5. The van der Waals surface area contributed by atoms with Gasteiger partial charge in [-0.05, 0) is 23.8 Å². The van der Waals surface area contributed by atoms with Crippen molar-refractivity contribution in [3.8, 4) is 0 Å². The molecule has 1 atom stereocenters. The lowest BCUT2D eigenvalue weighted by molar-refractivity contribution is -0.0443. The highest BCUT2D eigenvalue weighted by Crippen LogP contribution is 2.42. The van der Waals surface area contributed by atoms with E-state index in [0.717, 1.165) is 35.7 Å². The molecule has 2 rings (SSSR count). The highest BCUT2D eigenvalue weighted by Gasteiger charge is 2.45. The number of halogens is 5. The number of pyridine rings is 1. The van der Waals surface area contributed by atoms with Gasteiger partial charge in [0.1, 0.15) is 23.7 Å². The number of hydrogen-bond donors (Lipinski definition) is 2. The molecule has 0 fully saturated rings. The van der Waals surface area contributed by atoms with Crippen molar-refractivity contribution in [1.82, 2.24) is 9.99 Å². The molecule has 1 heterocycles. The Balaban J connectivity index is 2.53. The van der Waals surface area contributed by atoms with E-state index >= 15 is 8.78 Å². The molecule has 4 N–H and O–H groups in total. The van der Waals surface area contributed by atoms with Crippen LogP contribution >= 0.6 is 11.6 Å². The number of benzene rings is 1. The first-order valence-electron chi connectivity index (χ1n) is 6.95. The van der Waals surface area contributed by atoms with E-state index in [1.54, 1.807) is 0 Å². The van der Waals surface area contributed by atoms with Gasteiger partial charge in [-0.1, -0.05) is 17.7 Å². The van der Waals surface area contributed by atoms with Gasteiger partial charge in [-0.3, -0.25) is 9.99 Å². The first-order valence-corrected chi connectivity index (χ1v) is 7.33. The fourth-order valence-electron chi connectivity index (χ4n) is 2.30. The summed E-state index contributed by atoms with van der Waals surface area (Å²) in [4.78, 5) is 3.61. The highest BCUT2D eigenvalue weighted by atomic mass is 35.5. The Morgan fingerprint density at radius 1 is 1.28 bits per heavy atom. The van der Waals surface area contributed by atoms with Crippen LogP contribution in [0.2, 0.25) is 5.02 Å². The molecule has 0 aliphatic heterocycles. The number of nitrogens with zero attached hydrogens (tertiary/aromatic N) is 3. The number of hydrazone groups is 1. The van der Waals surface area contributed by atoms with Crippen LogP contribution in [0, 0.1) is 11.6 Å². The predicted molar refractivity (Wildman–Crippen MR) is 85.8 cm³/mol. The largest absolute Gasteiger partial charge is 0.322 e. The van der Waals surface area contributed by atoms with Crippen molar-refractivity contribution in [2.45, 2.75) is 11.8 Å². The van der Waals surface area contributed by atoms with E-state index in [-0.39, 0.29) is 5.02 Å². The van der Waals surface area contributed by atoms with Gasteiger partial charge in [0, 0.05) is 23.8 Å². The minimum atomic E-state index is -3.66. The summed E-state index contributed by atoms with van der Waals surface area (Å²) in [6, 6.07) is 4.62. The maximum Gasteiger partial charge on any atom is 0.298 e. The van der Waals surface area contributed by atoms with Crippen LogP contribution in [0.15, 0.2) is 41.6 Å². The second-order valence-electron chi connectivity index (χ2n) is 5.16. The molecular formula is C15H14ClF4N5. The summed E-state index contributed by atoms with van der Waals surface area (Å²) in [5.41, 5.74) is -1.11. The Kier molecular flexibility index (Phi) is 5.81. The average molecular weight is 376 g/mol. The van der Waals surface area contributed by atoms with E-state index in [0.29, 0.717) is 6.07 Å². The van der Waals surface area contributed by atoms with E-state index < -0.39 is 41.3 Å². The molecule has 10 heteroatoms. The van der Waals surface area contributed by atoms with Crippen molar-refractivity contribution in [3.63, 3.8) is 0 Å². The van der Waals surface area contributed by atoms with Crippen molar-refractivity contribution in [2.24, 2.45) is 16.8 Å². The number of nitrogens with two attached hydrogens (primary N) is 2. The molecule has 2 aromatic rings. The zero-order valence-electron chi connectivity index (χ0n) is 12.7. The van der Waals surface area contributed by atoms with Gasteiger partial charge in [-0.2, -0.15) is 13.9 Å². The standard InChI is InChI=1S/C15H14ClF4N5/c16-9-3-4-23-14(5-9)15(19,20)12(7-25(22)8-24-21)11-2-1-10(17)6-13(11)18/h1-6,8,12H,7,21-22H2/b24-8-. The van der Waals surface area contributed by atoms with Gasteiger partial charge in [-0.25, -0.2) is 14.6 Å². The molecule has 1 aromatic heterocycles. The fraction of sp³-hybridized carbons (Fsp3) is 0.200. The van der Waals surface area contributed by atoms with Crippen molar-refractivity contribution >= 4 is 17.9 Å². The van der Waals surface area contributed by atoms with Crippen LogP contribution in [-0.2, 0) is 5.92 Å². The van der Waals surface area contributed by atoms with Gasteiger partial charge >= 0.3 is 0 Å². The molecule has 0 amide bonds. The molecule has 0 radical (unpaired) electrons. The molecule has 0 bridgehead atoms. The van der Waals surface area contributed by atoms with E-state index in [9.17, 15) is 8.78 Å². The summed E-state index contributed by atoms with van der Waals surface area (Å²) in [6.07, 6.45) is 2.00. The van der Waals surface area contributed by atoms with Gasteiger partial charge in [0.15, 0.2) is 0 Å². The number of alkyl halides is 2. The number of rotatable bonds is 6. The molecule has 0 saturated heterocycles. The molecule has 5 nitrogen and oxygen atoms in total. The smallest absolute Gasteiger partial charge is 0.298 e. The van der Waals surface area contributed by atoms with Crippen LogP contribution in [0.5, 0.6) is 0 Å². The maximum atomic E-state index is 15.0. The summed E-state index contributed by atoms with van der Waals surface area (Å²) >= 11 is 5.74. The van der Waals surface area contributed by atoms with Crippen LogP contribution < -0.4 is 11.7 Å². The summed E-state index contributed by atoms with van der Waals surface area (Å²) in [5, 5.41) is 3.94. The van der Waals surface area contributed by atoms with Gasteiger partial charge in [0.2, 0.25) is 0 Å². The van der Waals surface area contributed by atoms with E-state index in [1.165, 1.54) is 6.07 Å². The van der Waals surface area contributed by atoms with Gasteiger partial charge in [-0.15, -0.1) is 0 Å². The van der Waals surface area contributed by atoms with Gasteiger partial charge in [0.25, 0.3) is 5.92 Å². The van der Waals surface area contributed by atoms with Gasteiger partial charge < -0.3 is 5.84 Å². The summed E-state index contributed by atoms with van der Waals surface area (Å²) in [5.74, 6) is 2.98. The Hall–Kier alpha value is -2.39. The predicted octanol–water partition coefficient (Wildman–Crippen LogP) is 2.97. The first-order chi connectivity index (χ1) is 11.8. The summed E-state index contributed by atoms with van der Waals surface area (Å²) < 4.78 is 57.3. The van der Waals surface area contributed by atoms with Crippen LogP contribution in [0.3, 0.4) is 0 Å². The third-order valence-corrected chi connectivity index (χ3v) is 3.68. The third kappa shape index (κ3) is 4.37.